The zero-order valence-electron chi connectivity index (χ0n) is 12.8. The molecule has 7 heteroatoms. The van der Waals surface area contributed by atoms with Gasteiger partial charge in [0.1, 0.15) is 11.2 Å². The monoisotopic (exact) mass is 324 g/mol. The van der Waals surface area contributed by atoms with Crippen LogP contribution in [-0.4, -0.2) is 34.9 Å². The molecule has 2 aromatic heterocycles. The molecule has 0 bridgehead atoms. The third-order valence-electron chi connectivity index (χ3n) is 3.11. The average molecular weight is 325 g/mol. The fraction of sp³-hybridized carbons (Fsp3) is 0.400. The number of nitrogens with zero attached hydrogens (tertiary/aromatic N) is 2. The predicted molar refractivity (Wildman–Crippen MR) is 88.9 cm³/mol. The van der Waals surface area contributed by atoms with Crippen molar-refractivity contribution < 1.29 is 4.79 Å². The summed E-state index contributed by atoms with van der Waals surface area (Å²) in [5, 5.41) is 5.90. The largest absolute Gasteiger partial charge is 0.351 e. The summed E-state index contributed by atoms with van der Waals surface area (Å²) < 4.78 is 1.40. The highest BCUT2D eigenvalue weighted by Gasteiger charge is 2.12. The zero-order valence-corrected chi connectivity index (χ0v) is 13.6. The summed E-state index contributed by atoms with van der Waals surface area (Å²) in [6, 6.07) is 3.63. The van der Waals surface area contributed by atoms with Crippen molar-refractivity contribution in [2.45, 2.75) is 20.3 Å². The van der Waals surface area contributed by atoms with Gasteiger partial charge in [0.15, 0.2) is 0 Å². The van der Waals surface area contributed by atoms with Gasteiger partial charge < -0.3 is 10.6 Å². The van der Waals surface area contributed by atoms with Crippen LogP contribution in [0.25, 0.3) is 5.65 Å². The van der Waals surface area contributed by atoms with Crippen LogP contribution in [0, 0.1) is 6.92 Å². The number of carbonyl (C=O) groups is 1. The first-order valence-corrected chi connectivity index (χ1v) is 7.10. The second kappa shape index (κ2) is 8.51. The summed E-state index contributed by atoms with van der Waals surface area (Å²) in [6.45, 7) is 6.04. The normalized spacial score (nSPS) is 10.3. The van der Waals surface area contributed by atoms with E-state index in [1.54, 1.807) is 12.3 Å². The smallest absolute Gasteiger partial charge is 0.270 e. The van der Waals surface area contributed by atoms with Crippen LogP contribution in [0.15, 0.2) is 29.3 Å². The van der Waals surface area contributed by atoms with E-state index in [1.807, 2.05) is 13.0 Å². The highest BCUT2D eigenvalue weighted by atomic mass is 35.5. The molecule has 2 heterocycles. The number of fused-ring (bicyclic) bond motifs is 1. The standard InChI is InChI=1S/C15H20N4O2.ClH/c1-3-6-16-7-8-17-14(20)12-9-18-13-5-4-11(2)10-19(13)15(12)21;/h4-5,9-10,16H,3,6-8H2,1-2H3,(H,17,20);1H. The van der Waals surface area contributed by atoms with Crippen molar-refractivity contribution in [3.8, 4) is 0 Å². The summed E-state index contributed by atoms with van der Waals surface area (Å²) >= 11 is 0. The molecule has 0 saturated carbocycles. The third kappa shape index (κ3) is 4.29. The number of aryl methyl sites for hydroxylation is 1. The Kier molecular flexibility index (Phi) is 7.01. The molecular formula is C15H21ClN4O2. The van der Waals surface area contributed by atoms with E-state index in [0.717, 1.165) is 18.5 Å². The van der Waals surface area contributed by atoms with E-state index < -0.39 is 0 Å². The van der Waals surface area contributed by atoms with Crippen LogP contribution < -0.4 is 16.2 Å². The van der Waals surface area contributed by atoms with Crippen LogP contribution in [0.3, 0.4) is 0 Å². The first-order valence-electron chi connectivity index (χ1n) is 7.10. The van der Waals surface area contributed by atoms with Gasteiger partial charge in [0.05, 0.1) is 0 Å². The Labute approximate surface area is 135 Å². The maximum absolute atomic E-state index is 12.3. The molecule has 0 unspecified atom stereocenters. The van der Waals surface area contributed by atoms with Gasteiger partial charge in [-0.15, -0.1) is 12.4 Å². The maximum atomic E-state index is 12.3. The average Bonchev–Trinajstić information content (AvgIpc) is 2.48. The van der Waals surface area contributed by atoms with Gasteiger partial charge in [-0.1, -0.05) is 13.0 Å². The van der Waals surface area contributed by atoms with E-state index in [4.69, 9.17) is 0 Å². The molecule has 0 aliphatic rings. The lowest BCUT2D eigenvalue weighted by molar-refractivity contribution is 0.0952. The summed E-state index contributed by atoms with van der Waals surface area (Å²) in [7, 11) is 0. The van der Waals surface area contributed by atoms with Gasteiger partial charge >= 0.3 is 0 Å². The number of rotatable bonds is 6. The fourth-order valence-electron chi connectivity index (χ4n) is 2.00. The van der Waals surface area contributed by atoms with E-state index in [9.17, 15) is 9.59 Å². The molecule has 22 heavy (non-hydrogen) atoms. The Bertz CT molecular complexity index is 699. The number of hydrogen-bond acceptors (Lipinski definition) is 4. The molecule has 120 valence electrons. The highest BCUT2D eigenvalue weighted by molar-refractivity contribution is 5.93. The maximum Gasteiger partial charge on any atom is 0.270 e. The quantitative estimate of drug-likeness (QED) is 0.782. The number of hydrogen-bond donors (Lipinski definition) is 2. The van der Waals surface area contributed by atoms with Crippen LogP contribution in [-0.2, 0) is 0 Å². The summed E-state index contributed by atoms with van der Waals surface area (Å²) in [6.07, 6.45) is 4.06. The number of pyridine rings is 1. The molecular weight excluding hydrogens is 304 g/mol. The number of halogens is 1. The van der Waals surface area contributed by atoms with E-state index >= 15 is 0 Å². The lowest BCUT2D eigenvalue weighted by Gasteiger charge is -2.07. The molecule has 0 aliphatic carbocycles. The van der Waals surface area contributed by atoms with Crippen molar-refractivity contribution in [2.75, 3.05) is 19.6 Å². The van der Waals surface area contributed by atoms with Gasteiger partial charge in [0.2, 0.25) is 0 Å². The molecule has 2 aromatic rings. The Balaban J connectivity index is 0.00000242. The van der Waals surface area contributed by atoms with Crippen molar-refractivity contribution in [2.24, 2.45) is 0 Å². The van der Waals surface area contributed by atoms with Crippen LogP contribution in [0.4, 0.5) is 0 Å². The molecule has 1 amide bonds. The minimum Gasteiger partial charge on any atom is -0.351 e. The van der Waals surface area contributed by atoms with Crippen molar-refractivity contribution >= 4 is 24.0 Å². The highest BCUT2D eigenvalue weighted by Crippen LogP contribution is 2.01. The van der Waals surface area contributed by atoms with Crippen LogP contribution in [0.5, 0.6) is 0 Å². The topological polar surface area (TPSA) is 75.5 Å². The van der Waals surface area contributed by atoms with Crippen molar-refractivity contribution in [1.82, 2.24) is 20.0 Å². The van der Waals surface area contributed by atoms with Gasteiger partial charge in [0.25, 0.3) is 11.5 Å². The lowest BCUT2D eigenvalue weighted by atomic mass is 10.2. The fourth-order valence-corrected chi connectivity index (χ4v) is 2.00. The van der Waals surface area contributed by atoms with E-state index in [1.165, 1.54) is 10.6 Å². The van der Waals surface area contributed by atoms with Crippen LogP contribution in [0.2, 0.25) is 0 Å². The number of aromatic nitrogens is 2. The van der Waals surface area contributed by atoms with Crippen LogP contribution >= 0.6 is 12.4 Å². The molecule has 0 radical (unpaired) electrons. The second-order valence-corrected chi connectivity index (χ2v) is 4.92. The Morgan fingerprint density at radius 3 is 2.77 bits per heavy atom. The third-order valence-corrected chi connectivity index (χ3v) is 3.11. The molecule has 2 rings (SSSR count). The predicted octanol–water partition coefficient (Wildman–Crippen LogP) is 1.15. The van der Waals surface area contributed by atoms with Gasteiger partial charge in [-0.2, -0.15) is 0 Å². The number of amides is 1. The molecule has 0 aromatic carbocycles. The molecule has 2 N–H and O–H groups in total. The van der Waals surface area contributed by atoms with Crippen molar-refractivity contribution in [3.05, 3.63) is 46.0 Å². The molecule has 0 aliphatic heterocycles. The zero-order chi connectivity index (χ0) is 15.2. The number of nitrogens with one attached hydrogen (secondary N) is 2. The summed E-state index contributed by atoms with van der Waals surface area (Å²) in [4.78, 5) is 28.5. The minimum atomic E-state index is -0.387. The molecule has 0 spiro atoms. The van der Waals surface area contributed by atoms with Crippen molar-refractivity contribution in [3.63, 3.8) is 0 Å². The summed E-state index contributed by atoms with van der Waals surface area (Å²) in [5.41, 5.74) is 1.19. The minimum absolute atomic E-state index is 0. The first kappa shape index (κ1) is 18.1. The Hall–Kier alpha value is -1.92. The SMILES string of the molecule is CCCNCCNC(=O)c1cnc2ccc(C)cn2c1=O.Cl. The van der Waals surface area contributed by atoms with Gasteiger partial charge in [0, 0.05) is 25.5 Å². The Morgan fingerprint density at radius 2 is 2.05 bits per heavy atom. The summed E-state index contributed by atoms with van der Waals surface area (Å²) in [5.74, 6) is -0.387. The van der Waals surface area contributed by atoms with Crippen molar-refractivity contribution in [1.29, 1.82) is 0 Å². The Morgan fingerprint density at radius 1 is 1.27 bits per heavy atom. The molecule has 0 fully saturated rings. The van der Waals surface area contributed by atoms with Gasteiger partial charge in [-0.25, -0.2) is 4.98 Å². The van der Waals surface area contributed by atoms with E-state index in [0.29, 0.717) is 18.7 Å². The second-order valence-electron chi connectivity index (χ2n) is 4.92. The lowest BCUT2D eigenvalue weighted by Crippen LogP contribution is -2.35. The molecule has 6 nitrogen and oxygen atoms in total. The molecule has 0 atom stereocenters. The van der Waals surface area contributed by atoms with Gasteiger partial charge in [-0.05, 0) is 31.5 Å². The van der Waals surface area contributed by atoms with Gasteiger partial charge in [-0.3, -0.25) is 14.0 Å². The van der Waals surface area contributed by atoms with E-state index in [2.05, 4.69) is 22.5 Å². The van der Waals surface area contributed by atoms with Crippen LogP contribution in [0.1, 0.15) is 29.3 Å². The first-order chi connectivity index (χ1) is 10.1. The molecule has 0 saturated heterocycles. The number of carbonyl (C=O) groups excluding carboxylic acids is 1. The van der Waals surface area contributed by atoms with E-state index in [-0.39, 0.29) is 29.4 Å².